The largest absolute Gasteiger partial charge is 0.494 e. The minimum atomic E-state index is 0.603. The fourth-order valence-corrected chi connectivity index (χ4v) is 1.70. The number of benzene rings is 2. The van der Waals surface area contributed by atoms with E-state index in [1.807, 2.05) is 44.2 Å². The Hall–Kier alpha value is -2.29. The highest BCUT2D eigenvalue weighted by atomic mass is 16.5. The molecule has 0 unspecified atom stereocenters. The van der Waals surface area contributed by atoms with Crippen molar-refractivity contribution in [2.24, 2.45) is 0 Å². The van der Waals surface area contributed by atoms with E-state index in [1.54, 1.807) is 12.1 Å². The summed E-state index contributed by atoms with van der Waals surface area (Å²) in [6.07, 6.45) is 0.810. The van der Waals surface area contributed by atoms with Gasteiger partial charge in [0.05, 0.1) is 6.61 Å². The monoisotopic (exact) mass is 256 g/mol. The Labute approximate surface area is 112 Å². The van der Waals surface area contributed by atoms with Gasteiger partial charge in [-0.1, -0.05) is 12.1 Å². The molecule has 2 rings (SSSR count). The van der Waals surface area contributed by atoms with Crippen molar-refractivity contribution in [3.8, 4) is 17.2 Å². The van der Waals surface area contributed by atoms with Crippen LogP contribution < -0.4 is 9.47 Å². The first-order chi connectivity index (χ1) is 9.22. The minimum absolute atomic E-state index is 0.603. The van der Waals surface area contributed by atoms with Crippen LogP contribution in [-0.4, -0.2) is 12.9 Å². The maximum absolute atomic E-state index is 10.8. The summed E-state index contributed by atoms with van der Waals surface area (Å²) in [6.45, 7) is 4.53. The first-order valence-electron chi connectivity index (χ1n) is 6.19. The molecule has 0 aliphatic carbocycles. The van der Waals surface area contributed by atoms with Gasteiger partial charge < -0.3 is 9.47 Å². The summed E-state index contributed by atoms with van der Waals surface area (Å²) < 4.78 is 11.1. The molecule has 3 heteroatoms. The molecule has 0 spiro atoms. The van der Waals surface area contributed by atoms with E-state index in [9.17, 15) is 4.79 Å². The first kappa shape index (κ1) is 13.1. The number of hydrogen-bond donors (Lipinski definition) is 0. The van der Waals surface area contributed by atoms with Crippen molar-refractivity contribution in [3.63, 3.8) is 0 Å². The highest BCUT2D eigenvalue weighted by molar-refractivity contribution is 5.75. The van der Waals surface area contributed by atoms with Gasteiger partial charge in [-0.2, -0.15) is 0 Å². The number of aryl methyl sites for hydroxylation is 1. The molecule has 0 aliphatic heterocycles. The number of hydrogen-bond acceptors (Lipinski definition) is 3. The highest BCUT2D eigenvalue weighted by Gasteiger charge is 2.03. The lowest BCUT2D eigenvalue weighted by molar-refractivity contribution is 0.112. The van der Waals surface area contributed by atoms with Crippen LogP contribution in [0.15, 0.2) is 42.5 Å². The van der Waals surface area contributed by atoms with E-state index in [4.69, 9.17) is 9.47 Å². The van der Waals surface area contributed by atoms with Gasteiger partial charge in [0.2, 0.25) is 0 Å². The lowest BCUT2D eigenvalue weighted by Gasteiger charge is -2.10. The van der Waals surface area contributed by atoms with Crippen molar-refractivity contribution in [1.29, 1.82) is 0 Å². The summed E-state index contributed by atoms with van der Waals surface area (Å²) in [4.78, 5) is 10.8. The topological polar surface area (TPSA) is 35.5 Å². The summed E-state index contributed by atoms with van der Waals surface area (Å²) in [5.74, 6) is 2.22. The van der Waals surface area contributed by atoms with Crippen LogP contribution in [0, 0.1) is 6.92 Å². The SMILES string of the molecule is CCOc1ccc(Oc2cc(C=O)ccc2C)cc1. The van der Waals surface area contributed by atoms with Gasteiger partial charge in [0.15, 0.2) is 0 Å². The first-order valence-corrected chi connectivity index (χ1v) is 6.19. The van der Waals surface area contributed by atoms with Gasteiger partial charge in [0, 0.05) is 5.56 Å². The highest BCUT2D eigenvalue weighted by Crippen LogP contribution is 2.27. The zero-order valence-electron chi connectivity index (χ0n) is 11.1. The molecule has 0 saturated carbocycles. The normalized spacial score (nSPS) is 10.0. The smallest absolute Gasteiger partial charge is 0.150 e. The molecule has 3 nitrogen and oxygen atoms in total. The van der Waals surface area contributed by atoms with Crippen LogP contribution in [0.3, 0.4) is 0 Å². The van der Waals surface area contributed by atoms with Gasteiger partial charge in [-0.3, -0.25) is 4.79 Å². The molecular weight excluding hydrogens is 240 g/mol. The lowest BCUT2D eigenvalue weighted by Crippen LogP contribution is -1.92. The summed E-state index contributed by atoms with van der Waals surface area (Å²) in [7, 11) is 0. The minimum Gasteiger partial charge on any atom is -0.494 e. The third-order valence-corrected chi connectivity index (χ3v) is 2.71. The van der Waals surface area contributed by atoms with Gasteiger partial charge in [0.1, 0.15) is 23.5 Å². The molecule has 0 bridgehead atoms. The molecule has 0 aromatic heterocycles. The molecule has 0 N–H and O–H groups in total. The van der Waals surface area contributed by atoms with Crippen molar-refractivity contribution in [2.45, 2.75) is 13.8 Å². The molecule has 2 aromatic rings. The third kappa shape index (κ3) is 3.35. The van der Waals surface area contributed by atoms with Crippen molar-refractivity contribution >= 4 is 6.29 Å². The Morgan fingerprint density at radius 2 is 1.74 bits per heavy atom. The van der Waals surface area contributed by atoms with E-state index in [0.717, 1.165) is 23.3 Å². The molecule has 98 valence electrons. The molecule has 0 saturated heterocycles. The molecule has 0 radical (unpaired) electrons. The molecule has 2 aromatic carbocycles. The maximum Gasteiger partial charge on any atom is 0.150 e. The number of ether oxygens (including phenoxy) is 2. The molecular formula is C16H16O3. The third-order valence-electron chi connectivity index (χ3n) is 2.71. The molecule has 0 heterocycles. The van der Waals surface area contributed by atoms with E-state index in [-0.39, 0.29) is 0 Å². The van der Waals surface area contributed by atoms with Crippen molar-refractivity contribution in [2.75, 3.05) is 6.61 Å². The maximum atomic E-state index is 10.8. The fourth-order valence-electron chi connectivity index (χ4n) is 1.70. The van der Waals surface area contributed by atoms with Gasteiger partial charge >= 0.3 is 0 Å². The van der Waals surface area contributed by atoms with Crippen molar-refractivity contribution in [1.82, 2.24) is 0 Å². The van der Waals surface area contributed by atoms with Gasteiger partial charge in [-0.25, -0.2) is 0 Å². The number of aldehydes is 1. The van der Waals surface area contributed by atoms with Gasteiger partial charge in [0.25, 0.3) is 0 Å². The van der Waals surface area contributed by atoms with Crippen LogP contribution in [0.25, 0.3) is 0 Å². The summed E-state index contributed by atoms with van der Waals surface area (Å²) in [5, 5.41) is 0. The lowest BCUT2D eigenvalue weighted by atomic mass is 10.1. The van der Waals surface area contributed by atoms with Crippen LogP contribution >= 0.6 is 0 Å². The van der Waals surface area contributed by atoms with Crippen LogP contribution in [-0.2, 0) is 0 Å². The standard InChI is InChI=1S/C16H16O3/c1-3-18-14-6-8-15(9-7-14)19-16-10-13(11-17)5-4-12(16)2/h4-11H,3H2,1-2H3. The molecule has 0 fully saturated rings. The van der Waals surface area contributed by atoms with E-state index in [2.05, 4.69) is 0 Å². The van der Waals surface area contributed by atoms with Crippen LogP contribution in [0.5, 0.6) is 17.2 Å². The quantitative estimate of drug-likeness (QED) is 0.758. The van der Waals surface area contributed by atoms with Crippen LogP contribution in [0.1, 0.15) is 22.8 Å². The second kappa shape index (κ2) is 6.05. The van der Waals surface area contributed by atoms with Gasteiger partial charge in [-0.15, -0.1) is 0 Å². The Morgan fingerprint density at radius 3 is 2.37 bits per heavy atom. The van der Waals surface area contributed by atoms with E-state index >= 15 is 0 Å². The zero-order valence-corrected chi connectivity index (χ0v) is 11.1. The Morgan fingerprint density at radius 1 is 1.05 bits per heavy atom. The predicted octanol–water partition coefficient (Wildman–Crippen LogP) is 4.00. The Bertz CT molecular complexity index is 559. The second-order valence-corrected chi connectivity index (χ2v) is 4.15. The fraction of sp³-hybridized carbons (Fsp3) is 0.188. The summed E-state index contributed by atoms with van der Waals surface area (Å²) >= 11 is 0. The molecule has 0 aliphatic rings. The van der Waals surface area contributed by atoms with Crippen LogP contribution in [0.2, 0.25) is 0 Å². The Kier molecular flexibility index (Phi) is 4.18. The van der Waals surface area contributed by atoms with Crippen molar-refractivity contribution < 1.29 is 14.3 Å². The summed E-state index contributed by atoms with van der Waals surface area (Å²) in [6, 6.07) is 12.8. The van der Waals surface area contributed by atoms with Gasteiger partial charge in [-0.05, 0) is 49.7 Å². The van der Waals surface area contributed by atoms with Crippen LogP contribution in [0.4, 0.5) is 0 Å². The average Bonchev–Trinajstić information content (AvgIpc) is 2.44. The second-order valence-electron chi connectivity index (χ2n) is 4.15. The number of carbonyl (C=O) groups excluding carboxylic acids is 1. The zero-order chi connectivity index (χ0) is 13.7. The average molecular weight is 256 g/mol. The van der Waals surface area contributed by atoms with E-state index in [0.29, 0.717) is 17.9 Å². The van der Waals surface area contributed by atoms with Crippen molar-refractivity contribution in [3.05, 3.63) is 53.6 Å². The van der Waals surface area contributed by atoms with E-state index in [1.165, 1.54) is 0 Å². The molecule has 19 heavy (non-hydrogen) atoms. The number of carbonyl (C=O) groups is 1. The summed E-state index contributed by atoms with van der Waals surface area (Å²) in [5.41, 5.74) is 1.59. The number of rotatable bonds is 5. The molecule has 0 amide bonds. The predicted molar refractivity (Wildman–Crippen MR) is 74.3 cm³/mol. The molecule has 0 atom stereocenters. The van der Waals surface area contributed by atoms with E-state index < -0.39 is 0 Å². The Balaban J connectivity index is 2.18.